The average molecular weight is 407 g/mol. The third-order valence-corrected chi connectivity index (χ3v) is 6.08. The van der Waals surface area contributed by atoms with Crippen LogP contribution >= 0.6 is 0 Å². The third-order valence-electron chi connectivity index (χ3n) is 4.77. The van der Waals surface area contributed by atoms with Crippen LogP contribution in [0, 0.1) is 5.92 Å². The molecule has 0 aliphatic carbocycles. The summed E-state index contributed by atoms with van der Waals surface area (Å²) >= 11 is 0. The lowest BCUT2D eigenvalue weighted by Gasteiger charge is -2.32. The summed E-state index contributed by atoms with van der Waals surface area (Å²) < 4.78 is 34.0. The van der Waals surface area contributed by atoms with Gasteiger partial charge < -0.3 is 19.5 Å². The first-order chi connectivity index (χ1) is 13.4. The van der Waals surface area contributed by atoms with E-state index in [1.54, 1.807) is 35.8 Å². The van der Waals surface area contributed by atoms with Gasteiger partial charge in [0.25, 0.3) is 10.0 Å². The van der Waals surface area contributed by atoms with E-state index in [-0.39, 0.29) is 17.0 Å². The second-order valence-corrected chi connectivity index (χ2v) is 8.50. The number of rotatable bonds is 6. The number of likely N-dealkylation sites (tertiary alicyclic amines) is 1. The summed E-state index contributed by atoms with van der Waals surface area (Å²) in [6.45, 7) is 1.47. The third kappa shape index (κ3) is 4.82. The molecule has 1 saturated heterocycles. The average Bonchev–Trinajstić information content (AvgIpc) is 3.14. The summed E-state index contributed by atoms with van der Waals surface area (Å²) in [6, 6.07) is 7.06. The molecular weight excluding hydrogens is 382 g/mol. The van der Waals surface area contributed by atoms with Crippen molar-refractivity contribution >= 4 is 21.7 Å². The Morgan fingerprint density at radius 1 is 1.29 bits per heavy atom. The lowest BCUT2D eigenvalue weighted by Crippen LogP contribution is -2.43. The molecule has 1 aliphatic rings. The number of hydrogen-bond acceptors (Lipinski definition) is 5. The lowest BCUT2D eigenvalue weighted by atomic mass is 9.97. The molecule has 0 unspecified atom stereocenters. The van der Waals surface area contributed by atoms with Crippen LogP contribution in [0.5, 0.6) is 5.75 Å². The van der Waals surface area contributed by atoms with Gasteiger partial charge in [-0.15, -0.1) is 0 Å². The van der Waals surface area contributed by atoms with Gasteiger partial charge in [0.15, 0.2) is 5.03 Å². The van der Waals surface area contributed by atoms with Gasteiger partial charge in [-0.05, 0) is 30.9 Å². The molecule has 2 N–H and O–H groups in total. The summed E-state index contributed by atoms with van der Waals surface area (Å²) in [5, 5.41) is 2.88. The number of aromatic nitrogens is 2. The van der Waals surface area contributed by atoms with Crippen molar-refractivity contribution in [2.24, 2.45) is 13.0 Å². The van der Waals surface area contributed by atoms with Crippen LogP contribution in [0.1, 0.15) is 12.8 Å². The van der Waals surface area contributed by atoms with Crippen molar-refractivity contribution in [3.05, 3.63) is 36.8 Å². The van der Waals surface area contributed by atoms with E-state index in [0.717, 1.165) is 12.8 Å². The molecule has 152 valence electrons. The summed E-state index contributed by atoms with van der Waals surface area (Å²) in [6.07, 6.45) is 4.37. The number of piperidine rings is 1. The molecule has 1 aliphatic heterocycles. The van der Waals surface area contributed by atoms with Crippen molar-refractivity contribution in [3.8, 4) is 5.75 Å². The van der Waals surface area contributed by atoms with Crippen molar-refractivity contribution in [3.63, 3.8) is 0 Å². The molecule has 3 rings (SSSR count). The molecule has 2 amide bonds. The Hall–Kier alpha value is -2.59. The number of sulfonamides is 1. The Morgan fingerprint density at radius 3 is 2.64 bits per heavy atom. The number of urea groups is 1. The first kappa shape index (κ1) is 20.2. The second kappa shape index (κ2) is 8.61. The van der Waals surface area contributed by atoms with Crippen LogP contribution in [-0.2, 0) is 17.1 Å². The number of amides is 2. The molecule has 10 heteroatoms. The minimum Gasteiger partial charge on any atom is -0.495 e. The maximum absolute atomic E-state index is 12.5. The van der Waals surface area contributed by atoms with Gasteiger partial charge in [-0.2, -0.15) is 0 Å². The fourth-order valence-electron chi connectivity index (χ4n) is 3.11. The van der Waals surface area contributed by atoms with Crippen molar-refractivity contribution in [2.45, 2.75) is 17.9 Å². The highest BCUT2D eigenvalue weighted by Gasteiger charge is 2.25. The zero-order valence-electron chi connectivity index (χ0n) is 16.0. The Labute approximate surface area is 164 Å². The number of nitrogens with one attached hydrogen (secondary N) is 2. The molecule has 0 bridgehead atoms. The Kier molecular flexibility index (Phi) is 6.20. The van der Waals surface area contributed by atoms with Crippen LogP contribution in [0.25, 0.3) is 0 Å². The highest BCUT2D eigenvalue weighted by Crippen LogP contribution is 2.24. The van der Waals surface area contributed by atoms with Gasteiger partial charge in [-0.1, -0.05) is 12.1 Å². The molecule has 0 saturated carbocycles. The summed E-state index contributed by atoms with van der Waals surface area (Å²) in [5.74, 6) is 0.781. The summed E-state index contributed by atoms with van der Waals surface area (Å²) in [5.41, 5.74) is 0.625. The molecule has 1 fully saturated rings. The monoisotopic (exact) mass is 407 g/mol. The SMILES string of the molecule is COc1ccccc1NC(=O)N1CCC(CNS(=O)(=O)c2cn(C)cn2)CC1. The number of carbonyl (C=O) groups is 1. The van der Waals surface area contributed by atoms with E-state index in [1.807, 2.05) is 12.1 Å². The van der Waals surface area contributed by atoms with Crippen molar-refractivity contribution in [1.29, 1.82) is 0 Å². The molecule has 2 heterocycles. The van der Waals surface area contributed by atoms with Crippen LogP contribution in [0.3, 0.4) is 0 Å². The maximum atomic E-state index is 12.5. The highest BCUT2D eigenvalue weighted by atomic mass is 32.2. The molecule has 9 nitrogen and oxygen atoms in total. The summed E-state index contributed by atoms with van der Waals surface area (Å²) in [4.78, 5) is 18.1. The van der Waals surface area contributed by atoms with E-state index < -0.39 is 10.0 Å². The molecule has 0 atom stereocenters. The van der Waals surface area contributed by atoms with Crippen molar-refractivity contribution < 1.29 is 17.9 Å². The van der Waals surface area contributed by atoms with E-state index in [1.165, 1.54) is 12.5 Å². The molecule has 1 aromatic carbocycles. The molecule has 28 heavy (non-hydrogen) atoms. The minimum absolute atomic E-state index is 0.0172. The molecule has 0 radical (unpaired) electrons. The van der Waals surface area contributed by atoms with E-state index >= 15 is 0 Å². The Bertz CT molecular complexity index is 920. The Balaban J connectivity index is 1.48. The quantitative estimate of drug-likeness (QED) is 0.757. The number of anilines is 1. The number of aryl methyl sites for hydroxylation is 1. The molecule has 2 aromatic rings. The number of imidazole rings is 1. The number of nitrogens with zero attached hydrogens (tertiary/aromatic N) is 3. The van der Waals surface area contributed by atoms with Gasteiger partial charge >= 0.3 is 6.03 Å². The van der Waals surface area contributed by atoms with Gasteiger partial charge in [0.05, 0.1) is 19.1 Å². The number of hydrogen-bond donors (Lipinski definition) is 2. The van der Waals surface area contributed by atoms with Gasteiger partial charge in [0.1, 0.15) is 5.75 Å². The lowest BCUT2D eigenvalue weighted by molar-refractivity contribution is 0.183. The van der Waals surface area contributed by atoms with Crippen LogP contribution in [0.2, 0.25) is 0 Å². The standard InChI is InChI=1S/C18H25N5O4S/c1-22-12-17(19-13-22)28(25,26)20-11-14-7-9-23(10-8-14)18(24)21-15-5-3-4-6-16(15)27-2/h3-6,12-14,20H,7-11H2,1-2H3,(H,21,24). The normalized spacial score (nSPS) is 15.4. The van der Waals surface area contributed by atoms with Crippen molar-refractivity contribution in [1.82, 2.24) is 19.2 Å². The molecule has 0 spiro atoms. The van der Waals surface area contributed by atoms with Gasteiger partial charge in [0.2, 0.25) is 0 Å². The highest BCUT2D eigenvalue weighted by molar-refractivity contribution is 7.89. The summed E-state index contributed by atoms with van der Waals surface area (Å²) in [7, 11) is -0.328. The number of carbonyl (C=O) groups excluding carboxylic acids is 1. The first-order valence-corrected chi connectivity index (χ1v) is 10.5. The zero-order chi connectivity index (χ0) is 20.1. The smallest absolute Gasteiger partial charge is 0.321 e. The largest absolute Gasteiger partial charge is 0.495 e. The van der Waals surface area contributed by atoms with Crippen LogP contribution < -0.4 is 14.8 Å². The number of para-hydroxylation sites is 2. The predicted octanol–water partition coefficient (Wildman–Crippen LogP) is 1.65. The number of ether oxygens (including phenoxy) is 1. The van der Waals surface area contributed by atoms with Crippen LogP contribution in [0.4, 0.5) is 10.5 Å². The zero-order valence-corrected chi connectivity index (χ0v) is 16.8. The van der Waals surface area contributed by atoms with Crippen LogP contribution in [-0.4, -0.2) is 55.6 Å². The fourth-order valence-corrected chi connectivity index (χ4v) is 4.21. The van der Waals surface area contributed by atoms with Gasteiger partial charge in [-0.3, -0.25) is 0 Å². The molecular formula is C18H25N5O4S. The van der Waals surface area contributed by atoms with E-state index in [9.17, 15) is 13.2 Å². The topological polar surface area (TPSA) is 106 Å². The first-order valence-electron chi connectivity index (χ1n) is 9.05. The fraction of sp³-hybridized carbons (Fsp3) is 0.444. The maximum Gasteiger partial charge on any atom is 0.321 e. The number of methoxy groups -OCH3 is 1. The molecule has 1 aromatic heterocycles. The van der Waals surface area contributed by atoms with Gasteiger partial charge in [0, 0.05) is 32.9 Å². The predicted molar refractivity (Wildman–Crippen MR) is 105 cm³/mol. The Morgan fingerprint density at radius 2 is 2.00 bits per heavy atom. The van der Waals surface area contributed by atoms with Gasteiger partial charge in [-0.25, -0.2) is 22.9 Å². The van der Waals surface area contributed by atoms with E-state index in [0.29, 0.717) is 31.1 Å². The van der Waals surface area contributed by atoms with Crippen LogP contribution in [0.15, 0.2) is 41.8 Å². The minimum atomic E-state index is -3.61. The second-order valence-electron chi connectivity index (χ2n) is 6.79. The van der Waals surface area contributed by atoms with E-state index in [2.05, 4.69) is 15.0 Å². The van der Waals surface area contributed by atoms with E-state index in [4.69, 9.17) is 4.74 Å². The number of benzene rings is 1. The van der Waals surface area contributed by atoms with Crippen molar-refractivity contribution in [2.75, 3.05) is 32.1 Å².